The predicted molar refractivity (Wildman–Crippen MR) is 231 cm³/mol. The molecular weight excluding hydrogens is 707 g/mol. The third-order valence-electron chi connectivity index (χ3n) is 11.3. The van der Waals surface area contributed by atoms with Gasteiger partial charge >= 0.3 is 0 Å². The molecule has 0 bridgehead atoms. The van der Waals surface area contributed by atoms with E-state index >= 15 is 0 Å². The Balaban J connectivity index is 1.06. The van der Waals surface area contributed by atoms with E-state index in [1.807, 2.05) is 24.3 Å². The summed E-state index contributed by atoms with van der Waals surface area (Å²) < 4.78 is 15.4. The lowest BCUT2D eigenvalue weighted by Crippen LogP contribution is -2.04. The molecule has 0 amide bonds. The molecule has 0 fully saturated rings. The third kappa shape index (κ3) is 4.89. The summed E-state index contributed by atoms with van der Waals surface area (Å²) in [5.74, 6) is 2.40. The van der Waals surface area contributed by atoms with Crippen molar-refractivity contribution >= 4 is 81.5 Å². The van der Waals surface area contributed by atoms with E-state index in [0.29, 0.717) is 23.4 Å². The van der Waals surface area contributed by atoms with Crippen LogP contribution in [0.3, 0.4) is 0 Å². The molecule has 4 heterocycles. The lowest BCUT2D eigenvalue weighted by Gasteiger charge is -2.16. The molecule has 0 aliphatic heterocycles. The average molecular weight is 738 g/mol. The number of nitrogens with zero attached hydrogens (tertiary/aromatic N) is 3. The first-order valence-electron chi connectivity index (χ1n) is 19.0. The van der Waals surface area contributed by atoms with Crippen LogP contribution in [0.4, 0.5) is 0 Å². The van der Waals surface area contributed by atoms with Gasteiger partial charge in [-0.05, 0) is 71.5 Å². The van der Waals surface area contributed by atoms with Gasteiger partial charge in [0, 0.05) is 64.0 Å². The Morgan fingerprint density at radius 1 is 0.518 bits per heavy atom. The minimum atomic E-state index is 0.520. The highest BCUT2D eigenvalue weighted by Crippen LogP contribution is 2.42. The Kier molecular flexibility index (Phi) is 6.77. The number of rotatable bonds is 4. The van der Waals surface area contributed by atoms with Crippen LogP contribution in [0.25, 0.3) is 115 Å². The van der Waals surface area contributed by atoms with Crippen molar-refractivity contribution in [1.29, 1.82) is 0 Å². The summed E-state index contributed by atoms with van der Waals surface area (Å²) in [6, 6.07) is 48.8. The van der Waals surface area contributed by atoms with Crippen LogP contribution in [0.5, 0.6) is 0 Å². The van der Waals surface area contributed by atoms with E-state index in [1.54, 1.807) is 11.3 Å². The van der Waals surface area contributed by atoms with Crippen LogP contribution in [-0.2, 0) is 6.42 Å². The zero-order valence-corrected chi connectivity index (χ0v) is 31.1. The van der Waals surface area contributed by atoms with E-state index in [4.69, 9.17) is 23.8 Å². The van der Waals surface area contributed by atoms with Crippen LogP contribution < -0.4 is 0 Å². The molecular formula is C50H31N3O2S. The fraction of sp³-hybridized carbons (Fsp3) is 0.0600. The molecule has 0 spiro atoms. The Bertz CT molecular complexity index is 3440. The van der Waals surface area contributed by atoms with Crippen molar-refractivity contribution in [3.05, 3.63) is 157 Å². The first-order chi connectivity index (χ1) is 27.6. The molecule has 56 heavy (non-hydrogen) atoms. The summed E-state index contributed by atoms with van der Waals surface area (Å²) >= 11 is 1.80. The van der Waals surface area contributed by atoms with Gasteiger partial charge in [0.2, 0.25) is 0 Å². The molecule has 5 nitrogen and oxygen atoms in total. The Morgan fingerprint density at radius 3 is 2.14 bits per heavy atom. The van der Waals surface area contributed by atoms with Gasteiger partial charge in [-0.25, -0.2) is 15.0 Å². The molecule has 4 aromatic heterocycles. The second-order valence-electron chi connectivity index (χ2n) is 14.8. The number of thiophene rings is 1. The minimum Gasteiger partial charge on any atom is -0.456 e. The maximum absolute atomic E-state index is 6.76. The minimum absolute atomic E-state index is 0.520. The SMILES string of the molecule is CC1C=Cc2cc(-c3nc(-c4ccc5c(c4)sc4ccccc45)nc(-c4cccc5oc6c(-c7ccc8oc9ccccc9c8c7)cccc6c45)n3)ccc2C1. The standard InChI is InChI=1S/C50H31N3O2S/c1-28-16-17-30-25-32(19-18-29(30)24-28)48-51-49(33-20-22-37-36-9-3-5-15-44(36)56-45(37)27-33)53-50(52-48)39-12-7-14-43-46(39)38-11-6-10-34(47(38)55-43)31-21-23-42-40(26-31)35-8-2-4-13-41(35)54-42/h2-23,25-28H,24H2,1H3. The van der Waals surface area contributed by atoms with Crippen molar-refractivity contribution in [2.75, 3.05) is 0 Å². The van der Waals surface area contributed by atoms with E-state index < -0.39 is 0 Å². The van der Waals surface area contributed by atoms with Crippen LogP contribution >= 0.6 is 11.3 Å². The van der Waals surface area contributed by atoms with E-state index in [1.165, 1.54) is 31.3 Å². The molecule has 12 rings (SSSR count). The quantitative estimate of drug-likeness (QED) is 0.180. The van der Waals surface area contributed by atoms with Crippen LogP contribution in [0.15, 0.2) is 154 Å². The summed E-state index contributed by atoms with van der Waals surface area (Å²) in [6.45, 7) is 2.26. The van der Waals surface area contributed by atoms with E-state index in [2.05, 4.69) is 134 Å². The molecule has 0 saturated heterocycles. The highest BCUT2D eigenvalue weighted by Gasteiger charge is 2.21. The Hall–Kier alpha value is -6.89. The van der Waals surface area contributed by atoms with Gasteiger partial charge in [-0.15, -0.1) is 11.3 Å². The van der Waals surface area contributed by atoms with Crippen LogP contribution in [-0.4, -0.2) is 15.0 Å². The monoisotopic (exact) mass is 737 g/mol. The zero-order valence-electron chi connectivity index (χ0n) is 30.3. The first-order valence-corrected chi connectivity index (χ1v) is 19.8. The Labute approximate surface area is 325 Å². The van der Waals surface area contributed by atoms with Crippen molar-refractivity contribution < 1.29 is 8.83 Å². The van der Waals surface area contributed by atoms with Crippen molar-refractivity contribution in [3.8, 4) is 45.3 Å². The summed E-state index contributed by atoms with van der Waals surface area (Å²) in [5, 5.41) is 6.67. The second kappa shape index (κ2) is 12.1. The highest BCUT2D eigenvalue weighted by molar-refractivity contribution is 7.25. The van der Waals surface area contributed by atoms with Crippen molar-refractivity contribution in [3.63, 3.8) is 0 Å². The summed E-state index contributed by atoms with van der Waals surface area (Å²) in [6.07, 6.45) is 5.54. The smallest absolute Gasteiger partial charge is 0.164 e. The maximum atomic E-state index is 6.76. The molecule has 0 radical (unpaired) electrons. The van der Waals surface area contributed by atoms with Gasteiger partial charge in [0.05, 0.1) is 0 Å². The first kappa shape index (κ1) is 31.5. The molecule has 0 saturated carbocycles. The average Bonchev–Trinajstić information content (AvgIpc) is 3.94. The summed E-state index contributed by atoms with van der Waals surface area (Å²) in [4.78, 5) is 15.7. The lowest BCUT2D eigenvalue weighted by molar-refractivity contribution is 0.668. The molecule has 1 unspecified atom stereocenters. The Morgan fingerprint density at radius 2 is 1.21 bits per heavy atom. The molecule has 6 heteroatoms. The normalized spacial score (nSPS) is 14.2. The molecule has 0 N–H and O–H groups in total. The summed E-state index contributed by atoms with van der Waals surface area (Å²) in [5.41, 5.74) is 10.8. The predicted octanol–water partition coefficient (Wildman–Crippen LogP) is 13.9. The third-order valence-corrected chi connectivity index (χ3v) is 12.4. The van der Waals surface area contributed by atoms with Gasteiger partial charge in [0.1, 0.15) is 22.3 Å². The molecule has 7 aromatic carbocycles. The van der Waals surface area contributed by atoms with E-state index in [0.717, 1.165) is 78.1 Å². The van der Waals surface area contributed by atoms with Crippen LogP contribution in [0, 0.1) is 5.92 Å². The topological polar surface area (TPSA) is 65.0 Å². The van der Waals surface area contributed by atoms with Crippen molar-refractivity contribution in [1.82, 2.24) is 15.0 Å². The number of para-hydroxylation sites is 2. The van der Waals surface area contributed by atoms with Gasteiger partial charge in [-0.3, -0.25) is 0 Å². The van der Waals surface area contributed by atoms with Gasteiger partial charge in [-0.1, -0.05) is 116 Å². The maximum Gasteiger partial charge on any atom is 0.164 e. The number of aromatic nitrogens is 3. The van der Waals surface area contributed by atoms with Gasteiger partial charge in [0.25, 0.3) is 0 Å². The lowest BCUT2D eigenvalue weighted by atomic mass is 9.89. The largest absolute Gasteiger partial charge is 0.456 e. The number of fused-ring (bicyclic) bond motifs is 10. The fourth-order valence-corrected chi connectivity index (χ4v) is 9.68. The second-order valence-corrected chi connectivity index (χ2v) is 15.9. The van der Waals surface area contributed by atoms with E-state index in [9.17, 15) is 0 Å². The molecule has 11 aromatic rings. The fourth-order valence-electron chi connectivity index (χ4n) is 8.53. The van der Waals surface area contributed by atoms with Gasteiger partial charge in [0.15, 0.2) is 17.5 Å². The van der Waals surface area contributed by atoms with Crippen LogP contribution in [0.2, 0.25) is 0 Å². The summed E-state index contributed by atoms with van der Waals surface area (Å²) in [7, 11) is 0. The zero-order chi connectivity index (χ0) is 36.9. The molecule has 1 aliphatic rings. The number of allylic oxidation sites excluding steroid dienone is 1. The number of furan rings is 2. The van der Waals surface area contributed by atoms with Gasteiger partial charge < -0.3 is 8.83 Å². The highest BCUT2D eigenvalue weighted by atomic mass is 32.1. The number of hydrogen-bond donors (Lipinski definition) is 0. The van der Waals surface area contributed by atoms with Gasteiger partial charge in [-0.2, -0.15) is 0 Å². The molecule has 264 valence electrons. The van der Waals surface area contributed by atoms with E-state index in [-0.39, 0.29) is 0 Å². The molecule has 1 aliphatic carbocycles. The number of hydrogen-bond acceptors (Lipinski definition) is 6. The van der Waals surface area contributed by atoms with Crippen LogP contribution in [0.1, 0.15) is 18.1 Å². The van der Waals surface area contributed by atoms with Crippen molar-refractivity contribution in [2.24, 2.45) is 5.92 Å². The number of benzene rings is 7. The van der Waals surface area contributed by atoms with Crippen molar-refractivity contribution in [2.45, 2.75) is 13.3 Å². The molecule has 1 atom stereocenters.